The third-order valence-corrected chi connectivity index (χ3v) is 3.91. The van der Waals surface area contributed by atoms with Gasteiger partial charge in [-0.25, -0.2) is 13.2 Å². The molecule has 1 saturated carbocycles. The molecule has 7 heteroatoms. The Bertz CT molecular complexity index is 818. The maximum absolute atomic E-state index is 13.6. The van der Waals surface area contributed by atoms with Crippen molar-refractivity contribution in [2.24, 2.45) is 5.92 Å². The van der Waals surface area contributed by atoms with Crippen LogP contribution in [0.4, 0.5) is 18.9 Å². The fraction of sp³-hybridized carbons (Fsp3) is 0.222. The normalized spacial score (nSPS) is 13.4. The molecule has 2 amide bonds. The van der Waals surface area contributed by atoms with Gasteiger partial charge < -0.3 is 10.6 Å². The van der Waals surface area contributed by atoms with E-state index in [9.17, 15) is 22.8 Å². The van der Waals surface area contributed by atoms with E-state index >= 15 is 0 Å². The summed E-state index contributed by atoms with van der Waals surface area (Å²) >= 11 is 0. The summed E-state index contributed by atoms with van der Waals surface area (Å²) in [6.45, 7) is 0.356. The van der Waals surface area contributed by atoms with Crippen LogP contribution in [0.1, 0.15) is 28.8 Å². The number of benzene rings is 2. The Morgan fingerprint density at radius 2 is 1.64 bits per heavy atom. The average molecular weight is 348 g/mol. The van der Waals surface area contributed by atoms with Crippen molar-refractivity contribution in [1.82, 2.24) is 5.32 Å². The Morgan fingerprint density at radius 1 is 0.960 bits per heavy atom. The number of hydrogen-bond donors (Lipinski definition) is 2. The molecule has 0 spiro atoms. The number of carbonyl (C=O) groups excluding carboxylic acids is 2. The van der Waals surface area contributed by atoms with Gasteiger partial charge in [0.05, 0.1) is 5.69 Å². The van der Waals surface area contributed by atoms with Crippen LogP contribution >= 0.6 is 0 Å². The van der Waals surface area contributed by atoms with E-state index in [-0.39, 0.29) is 17.4 Å². The second kappa shape index (κ2) is 6.96. The molecule has 0 saturated heterocycles. The van der Waals surface area contributed by atoms with Gasteiger partial charge in [-0.1, -0.05) is 12.1 Å². The molecule has 0 aliphatic heterocycles. The van der Waals surface area contributed by atoms with Crippen molar-refractivity contribution in [3.05, 3.63) is 65.0 Å². The number of carbonyl (C=O) groups is 2. The highest BCUT2D eigenvalue weighted by molar-refractivity contribution is 6.04. The lowest BCUT2D eigenvalue weighted by molar-refractivity contribution is -0.122. The van der Waals surface area contributed by atoms with Crippen LogP contribution < -0.4 is 10.6 Å². The minimum absolute atomic E-state index is 0.0237. The molecule has 130 valence electrons. The van der Waals surface area contributed by atoms with Crippen molar-refractivity contribution in [3.8, 4) is 0 Å². The maximum Gasteiger partial charge on any atom is 0.255 e. The highest BCUT2D eigenvalue weighted by atomic mass is 19.2. The quantitative estimate of drug-likeness (QED) is 0.814. The second-order valence-corrected chi connectivity index (χ2v) is 5.87. The first kappa shape index (κ1) is 17.0. The first-order chi connectivity index (χ1) is 12.0. The Labute approximate surface area is 142 Å². The van der Waals surface area contributed by atoms with Crippen LogP contribution in [0, 0.1) is 23.4 Å². The van der Waals surface area contributed by atoms with E-state index in [0.717, 1.165) is 30.5 Å². The highest BCUT2D eigenvalue weighted by Gasteiger charge is 2.29. The van der Waals surface area contributed by atoms with Gasteiger partial charge in [-0.2, -0.15) is 0 Å². The molecule has 0 heterocycles. The van der Waals surface area contributed by atoms with Gasteiger partial charge in [0.25, 0.3) is 5.91 Å². The van der Waals surface area contributed by atoms with Gasteiger partial charge in [0, 0.05) is 18.0 Å². The number of hydrogen-bond acceptors (Lipinski definition) is 2. The van der Waals surface area contributed by atoms with Crippen molar-refractivity contribution in [2.45, 2.75) is 19.4 Å². The summed E-state index contributed by atoms with van der Waals surface area (Å²) in [6.07, 6.45) is 1.84. The standard InChI is InChI=1S/C18H15F3N2O2/c19-13-7-8-14(16(21)15(13)20)23-18(25)12-3-1-10(2-4-12)9-22-17(24)11-5-6-11/h1-4,7-8,11H,5-6,9H2,(H,22,24)(H,23,25). The predicted octanol–water partition coefficient (Wildman–Crippen LogP) is 3.38. The third kappa shape index (κ3) is 3.99. The van der Waals surface area contributed by atoms with Crippen LogP contribution in [0.3, 0.4) is 0 Å². The SMILES string of the molecule is O=C(Nc1ccc(F)c(F)c1F)c1ccc(CNC(=O)C2CC2)cc1. The van der Waals surface area contributed by atoms with E-state index in [4.69, 9.17) is 0 Å². The zero-order valence-corrected chi connectivity index (χ0v) is 13.1. The topological polar surface area (TPSA) is 58.2 Å². The van der Waals surface area contributed by atoms with Gasteiger partial charge in [-0.05, 0) is 42.7 Å². The Morgan fingerprint density at radius 3 is 2.28 bits per heavy atom. The van der Waals surface area contributed by atoms with Crippen LogP contribution in [0.2, 0.25) is 0 Å². The molecule has 25 heavy (non-hydrogen) atoms. The molecule has 0 aromatic heterocycles. The third-order valence-electron chi connectivity index (χ3n) is 3.91. The number of rotatable bonds is 5. The fourth-order valence-electron chi connectivity index (χ4n) is 2.27. The molecule has 2 aromatic carbocycles. The lowest BCUT2D eigenvalue weighted by Crippen LogP contribution is -2.24. The second-order valence-electron chi connectivity index (χ2n) is 5.87. The minimum atomic E-state index is -1.64. The zero-order valence-electron chi connectivity index (χ0n) is 13.1. The number of anilines is 1. The van der Waals surface area contributed by atoms with Crippen molar-refractivity contribution < 1.29 is 22.8 Å². The van der Waals surface area contributed by atoms with Gasteiger partial charge in [-0.15, -0.1) is 0 Å². The lowest BCUT2D eigenvalue weighted by atomic mass is 10.1. The summed E-state index contributed by atoms with van der Waals surface area (Å²) in [6, 6.07) is 8.01. The molecule has 2 aromatic rings. The predicted molar refractivity (Wildman–Crippen MR) is 85.3 cm³/mol. The molecule has 1 aliphatic rings. The monoisotopic (exact) mass is 348 g/mol. The van der Waals surface area contributed by atoms with E-state index in [1.807, 2.05) is 0 Å². The largest absolute Gasteiger partial charge is 0.352 e. The summed E-state index contributed by atoms with van der Waals surface area (Å²) < 4.78 is 39.6. The molecular weight excluding hydrogens is 333 g/mol. The summed E-state index contributed by atoms with van der Waals surface area (Å²) in [4.78, 5) is 23.6. The van der Waals surface area contributed by atoms with E-state index < -0.39 is 29.0 Å². The van der Waals surface area contributed by atoms with E-state index in [2.05, 4.69) is 10.6 Å². The number of amides is 2. The first-order valence-corrected chi connectivity index (χ1v) is 7.77. The van der Waals surface area contributed by atoms with Gasteiger partial charge in [0.15, 0.2) is 17.5 Å². The summed E-state index contributed by atoms with van der Waals surface area (Å²) in [7, 11) is 0. The molecule has 0 radical (unpaired) electrons. The molecule has 1 aliphatic carbocycles. The molecule has 0 atom stereocenters. The van der Waals surface area contributed by atoms with E-state index in [1.54, 1.807) is 12.1 Å². The molecule has 3 rings (SSSR count). The van der Waals surface area contributed by atoms with Gasteiger partial charge in [0.1, 0.15) is 0 Å². The van der Waals surface area contributed by atoms with Gasteiger partial charge in [0.2, 0.25) is 5.91 Å². The van der Waals surface area contributed by atoms with E-state index in [0.29, 0.717) is 6.54 Å². The van der Waals surface area contributed by atoms with Crippen molar-refractivity contribution >= 4 is 17.5 Å². The molecule has 1 fully saturated rings. The smallest absolute Gasteiger partial charge is 0.255 e. The van der Waals surface area contributed by atoms with Crippen molar-refractivity contribution in [3.63, 3.8) is 0 Å². The lowest BCUT2D eigenvalue weighted by Gasteiger charge is -2.08. The molecule has 4 nitrogen and oxygen atoms in total. The average Bonchev–Trinajstić information content (AvgIpc) is 3.45. The summed E-state index contributed by atoms with van der Waals surface area (Å²) in [5, 5.41) is 5.00. The highest BCUT2D eigenvalue weighted by Crippen LogP contribution is 2.28. The summed E-state index contributed by atoms with van der Waals surface area (Å²) in [5.74, 6) is -4.93. The van der Waals surface area contributed by atoms with Crippen molar-refractivity contribution in [1.29, 1.82) is 0 Å². The minimum Gasteiger partial charge on any atom is -0.352 e. The number of halogens is 3. The Hall–Kier alpha value is -2.83. The first-order valence-electron chi connectivity index (χ1n) is 7.77. The maximum atomic E-state index is 13.6. The molecular formula is C18H15F3N2O2. The van der Waals surface area contributed by atoms with Crippen LogP contribution in [0.5, 0.6) is 0 Å². The van der Waals surface area contributed by atoms with E-state index in [1.165, 1.54) is 12.1 Å². The van der Waals surface area contributed by atoms with Crippen LogP contribution in [-0.2, 0) is 11.3 Å². The summed E-state index contributed by atoms with van der Waals surface area (Å²) in [5.41, 5.74) is 0.593. The van der Waals surface area contributed by atoms with Crippen LogP contribution in [0.15, 0.2) is 36.4 Å². The number of nitrogens with one attached hydrogen (secondary N) is 2. The molecule has 0 unspecified atom stereocenters. The fourth-order valence-corrected chi connectivity index (χ4v) is 2.27. The Kier molecular flexibility index (Phi) is 4.74. The molecule has 2 N–H and O–H groups in total. The molecule has 0 bridgehead atoms. The van der Waals surface area contributed by atoms with Crippen molar-refractivity contribution in [2.75, 3.05) is 5.32 Å². The van der Waals surface area contributed by atoms with Gasteiger partial charge in [-0.3, -0.25) is 9.59 Å². The van der Waals surface area contributed by atoms with Crippen LogP contribution in [0.25, 0.3) is 0 Å². The van der Waals surface area contributed by atoms with Gasteiger partial charge >= 0.3 is 0 Å². The zero-order chi connectivity index (χ0) is 18.0. The van der Waals surface area contributed by atoms with Crippen LogP contribution in [-0.4, -0.2) is 11.8 Å². The Balaban J connectivity index is 1.62.